The zero-order chi connectivity index (χ0) is 11.8. The van der Waals surface area contributed by atoms with E-state index in [2.05, 4.69) is 0 Å². The zero-order valence-corrected chi connectivity index (χ0v) is 8.90. The summed E-state index contributed by atoms with van der Waals surface area (Å²) in [6.07, 6.45) is 3.93. The highest BCUT2D eigenvalue weighted by atomic mass is 19.2. The van der Waals surface area contributed by atoms with Gasteiger partial charge in [-0.25, -0.2) is 13.2 Å². The molecule has 0 amide bonds. The van der Waals surface area contributed by atoms with Crippen LogP contribution in [0, 0.1) is 17.5 Å². The summed E-state index contributed by atoms with van der Waals surface area (Å²) >= 11 is 0. The highest BCUT2D eigenvalue weighted by Gasteiger charge is 2.30. The lowest BCUT2D eigenvalue weighted by Gasteiger charge is -2.23. The van der Waals surface area contributed by atoms with Crippen molar-refractivity contribution < 1.29 is 13.2 Å². The minimum absolute atomic E-state index is 0.170. The van der Waals surface area contributed by atoms with Crippen LogP contribution in [-0.2, 0) is 6.42 Å². The molecule has 0 aliphatic heterocycles. The number of benzene rings is 1. The summed E-state index contributed by atoms with van der Waals surface area (Å²) in [5, 5.41) is 0. The maximum atomic E-state index is 13.4. The van der Waals surface area contributed by atoms with Crippen molar-refractivity contribution in [3.63, 3.8) is 0 Å². The number of nitrogens with two attached hydrogens (primary N) is 1. The fraction of sp³-hybridized carbons (Fsp3) is 0.500. The summed E-state index contributed by atoms with van der Waals surface area (Å²) in [4.78, 5) is 0. The second kappa shape index (κ2) is 4.09. The van der Waals surface area contributed by atoms with Crippen LogP contribution in [0.4, 0.5) is 13.2 Å². The van der Waals surface area contributed by atoms with Gasteiger partial charge in [-0.1, -0.05) is 12.8 Å². The third kappa shape index (κ3) is 2.21. The van der Waals surface area contributed by atoms with Gasteiger partial charge in [-0.05, 0) is 30.9 Å². The first-order chi connectivity index (χ1) is 7.50. The molecule has 1 aliphatic carbocycles. The number of halogens is 3. The van der Waals surface area contributed by atoms with E-state index in [0.29, 0.717) is 6.07 Å². The van der Waals surface area contributed by atoms with Crippen molar-refractivity contribution >= 4 is 0 Å². The molecule has 4 heteroatoms. The van der Waals surface area contributed by atoms with E-state index >= 15 is 0 Å². The van der Waals surface area contributed by atoms with Crippen molar-refractivity contribution in [2.24, 2.45) is 5.73 Å². The first kappa shape index (κ1) is 11.5. The summed E-state index contributed by atoms with van der Waals surface area (Å²) in [5.41, 5.74) is 5.78. The third-order valence-electron chi connectivity index (χ3n) is 3.23. The van der Waals surface area contributed by atoms with E-state index in [0.717, 1.165) is 31.7 Å². The highest BCUT2D eigenvalue weighted by molar-refractivity contribution is 5.22. The van der Waals surface area contributed by atoms with Crippen LogP contribution in [0.2, 0.25) is 0 Å². The van der Waals surface area contributed by atoms with Crippen LogP contribution >= 0.6 is 0 Å². The fourth-order valence-corrected chi connectivity index (χ4v) is 2.33. The van der Waals surface area contributed by atoms with Gasteiger partial charge in [0, 0.05) is 11.6 Å². The molecular formula is C12H14F3N. The summed E-state index contributed by atoms with van der Waals surface area (Å²) in [5.74, 6) is -2.88. The Kier molecular flexibility index (Phi) is 2.93. The summed E-state index contributed by atoms with van der Waals surface area (Å²) in [6.45, 7) is 0. The van der Waals surface area contributed by atoms with Gasteiger partial charge in [0.1, 0.15) is 5.82 Å². The van der Waals surface area contributed by atoms with Gasteiger partial charge in [-0.2, -0.15) is 0 Å². The smallest absolute Gasteiger partial charge is 0.161 e. The number of hydrogen-bond donors (Lipinski definition) is 1. The summed E-state index contributed by atoms with van der Waals surface area (Å²) in [6, 6.07) is 1.50. The monoisotopic (exact) mass is 229 g/mol. The molecule has 1 fully saturated rings. The lowest BCUT2D eigenvalue weighted by Crippen LogP contribution is -2.39. The van der Waals surface area contributed by atoms with Gasteiger partial charge in [0.05, 0.1) is 0 Å². The molecule has 2 N–H and O–H groups in total. The molecule has 1 aromatic carbocycles. The maximum absolute atomic E-state index is 13.4. The Morgan fingerprint density at radius 3 is 2.19 bits per heavy atom. The SMILES string of the molecule is NC1(Cc2cc(F)c(F)cc2F)CCCC1. The lowest BCUT2D eigenvalue weighted by molar-refractivity contribution is 0.420. The average Bonchev–Trinajstić information content (AvgIpc) is 2.62. The number of rotatable bonds is 2. The second-order valence-corrected chi connectivity index (χ2v) is 4.60. The molecule has 88 valence electrons. The first-order valence-electron chi connectivity index (χ1n) is 5.42. The predicted octanol–water partition coefficient (Wildman–Crippen LogP) is 2.92. The normalized spacial score (nSPS) is 19.0. The van der Waals surface area contributed by atoms with E-state index in [1.54, 1.807) is 0 Å². The van der Waals surface area contributed by atoms with Crippen molar-refractivity contribution in [3.05, 3.63) is 35.1 Å². The van der Waals surface area contributed by atoms with Gasteiger partial charge in [0.15, 0.2) is 11.6 Å². The third-order valence-corrected chi connectivity index (χ3v) is 3.23. The Morgan fingerprint density at radius 2 is 1.56 bits per heavy atom. The standard InChI is InChI=1S/C12H14F3N/c13-9-6-11(15)10(14)5-8(9)7-12(16)3-1-2-4-12/h5-6H,1-4,7,16H2. The van der Waals surface area contributed by atoms with Gasteiger partial charge < -0.3 is 5.73 Å². The van der Waals surface area contributed by atoms with E-state index in [-0.39, 0.29) is 12.0 Å². The van der Waals surface area contributed by atoms with Crippen LogP contribution < -0.4 is 5.73 Å². The van der Waals surface area contributed by atoms with Gasteiger partial charge in [-0.3, -0.25) is 0 Å². The molecule has 1 aromatic rings. The van der Waals surface area contributed by atoms with Crippen LogP contribution in [0.25, 0.3) is 0 Å². The van der Waals surface area contributed by atoms with E-state index in [9.17, 15) is 13.2 Å². The summed E-state index contributed by atoms with van der Waals surface area (Å²) in [7, 11) is 0. The van der Waals surface area contributed by atoms with Crippen LogP contribution in [0.15, 0.2) is 12.1 Å². The lowest BCUT2D eigenvalue weighted by atomic mass is 9.90. The number of hydrogen-bond acceptors (Lipinski definition) is 1. The molecule has 0 spiro atoms. The van der Waals surface area contributed by atoms with Crippen molar-refractivity contribution in [3.8, 4) is 0 Å². The molecule has 2 rings (SSSR count). The van der Waals surface area contributed by atoms with Crippen LogP contribution in [0.1, 0.15) is 31.2 Å². The Morgan fingerprint density at radius 1 is 1.00 bits per heavy atom. The zero-order valence-electron chi connectivity index (χ0n) is 8.90. The van der Waals surface area contributed by atoms with Crippen LogP contribution in [0.3, 0.4) is 0 Å². The van der Waals surface area contributed by atoms with Gasteiger partial charge in [-0.15, -0.1) is 0 Å². The molecule has 0 bridgehead atoms. The largest absolute Gasteiger partial charge is 0.325 e. The fourth-order valence-electron chi connectivity index (χ4n) is 2.33. The molecule has 0 saturated heterocycles. The first-order valence-corrected chi connectivity index (χ1v) is 5.42. The van der Waals surface area contributed by atoms with Crippen molar-refractivity contribution in [1.82, 2.24) is 0 Å². The van der Waals surface area contributed by atoms with E-state index < -0.39 is 23.0 Å². The molecule has 0 unspecified atom stereocenters. The molecule has 0 heterocycles. The average molecular weight is 229 g/mol. The Bertz CT molecular complexity index is 397. The van der Waals surface area contributed by atoms with Crippen molar-refractivity contribution in [1.29, 1.82) is 0 Å². The van der Waals surface area contributed by atoms with Crippen molar-refractivity contribution in [2.75, 3.05) is 0 Å². The van der Waals surface area contributed by atoms with E-state index in [4.69, 9.17) is 5.73 Å². The van der Waals surface area contributed by atoms with Crippen LogP contribution in [0.5, 0.6) is 0 Å². The molecule has 0 aromatic heterocycles. The van der Waals surface area contributed by atoms with E-state index in [1.165, 1.54) is 0 Å². The molecule has 0 radical (unpaired) electrons. The second-order valence-electron chi connectivity index (χ2n) is 4.60. The predicted molar refractivity (Wildman–Crippen MR) is 55.4 cm³/mol. The highest BCUT2D eigenvalue weighted by Crippen LogP contribution is 2.31. The Labute approximate surface area is 92.5 Å². The minimum atomic E-state index is -1.15. The topological polar surface area (TPSA) is 26.0 Å². The molecule has 1 saturated carbocycles. The van der Waals surface area contributed by atoms with Crippen molar-refractivity contribution in [2.45, 2.75) is 37.6 Å². The van der Waals surface area contributed by atoms with Gasteiger partial charge in [0.25, 0.3) is 0 Å². The van der Waals surface area contributed by atoms with Gasteiger partial charge >= 0.3 is 0 Å². The Balaban J connectivity index is 2.24. The van der Waals surface area contributed by atoms with Crippen LogP contribution in [-0.4, -0.2) is 5.54 Å². The van der Waals surface area contributed by atoms with Gasteiger partial charge in [0.2, 0.25) is 0 Å². The maximum Gasteiger partial charge on any atom is 0.161 e. The molecule has 16 heavy (non-hydrogen) atoms. The molecular weight excluding hydrogens is 215 g/mol. The molecule has 1 nitrogen and oxygen atoms in total. The summed E-state index contributed by atoms with van der Waals surface area (Å²) < 4.78 is 39.1. The Hall–Kier alpha value is -1.03. The molecule has 0 atom stereocenters. The quantitative estimate of drug-likeness (QED) is 0.775. The minimum Gasteiger partial charge on any atom is -0.325 e. The van der Waals surface area contributed by atoms with E-state index in [1.807, 2.05) is 0 Å². The molecule has 1 aliphatic rings.